The van der Waals surface area contributed by atoms with E-state index in [2.05, 4.69) is 16.9 Å². The van der Waals surface area contributed by atoms with Gasteiger partial charge in [-0.2, -0.15) is 5.10 Å². The van der Waals surface area contributed by atoms with Crippen molar-refractivity contribution in [2.24, 2.45) is 5.41 Å². The molecule has 1 aliphatic heterocycles. The molecule has 0 aliphatic carbocycles. The molecule has 0 N–H and O–H groups in total. The summed E-state index contributed by atoms with van der Waals surface area (Å²) in [5.41, 5.74) is 1.79. The van der Waals surface area contributed by atoms with Crippen LogP contribution in [0, 0.1) is 17.3 Å². The fraction of sp³-hybridized carbons (Fsp3) is 0.292. The SMILES string of the molecule is COC(=O)c1nn(-c2cccc(C#CC3(C)CCN(C)C3=O)c2)c2ccc(OC)cc12. The second-order valence-electron chi connectivity index (χ2n) is 7.74. The Labute approximate surface area is 180 Å². The average Bonchev–Trinajstić information content (AvgIpc) is 3.30. The van der Waals surface area contributed by atoms with Crippen LogP contribution in [-0.4, -0.2) is 54.4 Å². The molecular weight excluding hydrogens is 394 g/mol. The number of hydrogen-bond acceptors (Lipinski definition) is 5. The number of esters is 1. The van der Waals surface area contributed by atoms with Crippen LogP contribution in [0.25, 0.3) is 16.6 Å². The monoisotopic (exact) mass is 417 g/mol. The summed E-state index contributed by atoms with van der Waals surface area (Å²) in [5.74, 6) is 6.45. The van der Waals surface area contributed by atoms with Crippen molar-refractivity contribution in [3.8, 4) is 23.3 Å². The first kappa shape index (κ1) is 20.5. The largest absolute Gasteiger partial charge is 0.497 e. The Hall–Kier alpha value is -3.79. The van der Waals surface area contributed by atoms with Gasteiger partial charge in [-0.15, -0.1) is 0 Å². The number of nitrogens with zero attached hydrogens (tertiary/aromatic N) is 3. The zero-order valence-electron chi connectivity index (χ0n) is 17.9. The van der Waals surface area contributed by atoms with Gasteiger partial charge < -0.3 is 14.4 Å². The van der Waals surface area contributed by atoms with Crippen molar-refractivity contribution < 1.29 is 19.1 Å². The van der Waals surface area contributed by atoms with Crippen molar-refractivity contribution >= 4 is 22.8 Å². The lowest BCUT2D eigenvalue weighted by Crippen LogP contribution is -2.28. The van der Waals surface area contributed by atoms with Gasteiger partial charge in [0.1, 0.15) is 11.2 Å². The fourth-order valence-corrected chi connectivity index (χ4v) is 3.73. The van der Waals surface area contributed by atoms with Crippen molar-refractivity contribution in [1.29, 1.82) is 0 Å². The van der Waals surface area contributed by atoms with E-state index in [0.29, 0.717) is 24.1 Å². The van der Waals surface area contributed by atoms with Crippen molar-refractivity contribution in [2.45, 2.75) is 13.3 Å². The third-order valence-electron chi connectivity index (χ3n) is 5.61. The second-order valence-corrected chi connectivity index (χ2v) is 7.74. The van der Waals surface area contributed by atoms with E-state index in [1.165, 1.54) is 7.11 Å². The molecule has 0 bridgehead atoms. The number of hydrogen-bond donors (Lipinski definition) is 0. The summed E-state index contributed by atoms with van der Waals surface area (Å²) in [6.45, 7) is 2.59. The van der Waals surface area contributed by atoms with Crippen LogP contribution in [0.4, 0.5) is 0 Å². The minimum absolute atomic E-state index is 0.0471. The van der Waals surface area contributed by atoms with Gasteiger partial charge in [0.15, 0.2) is 5.69 Å². The average molecular weight is 417 g/mol. The van der Waals surface area contributed by atoms with Gasteiger partial charge in [0, 0.05) is 24.5 Å². The summed E-state index contributed by atoms with van der Waals surface area (Å²) in [4.78, 5) is 26.4. The third-order valence-corrected chi connectivity index (χ3v) is 5.61. The molecule has 1 aliphatic rings. The number of likely N-dealkylation sites (tertiary alicyclic amines) is 1. The van der Waals surface area contributed by atoms with E-state index >= 15 is 0 Å². The number of aromatic nitrogens is 2. The molecule has 158 valence electrons. The normalized spacial score (nSPS) is 18.1. The van der Waals surface area contributed by atoms with Crippen molar-refractivity contribution in [2.75, 3.05) is 27.8 Å². The number of rotatable bonds is 3. The molecule has 1 aromatic heterocycles. The van der Waals surface area contributed by atoms with Crippen LogP contribution in [0.1, 0.15) is 29.4 Å². The van der Waals surface area contributed by atoms with Crippen LogP contribution < -0.4 is 4.74 Å². The molecule has 1 saturated heterocycles. The number of fused-ring (bicyclic) bond motifs is 1. The maximum absolute atomic E-state index is 12.4. The summed E-state index contributed by atoms with van der Waals surface area (Å²) < 4.78 is 11.9. The van der Waals surface area contributed by atoms with Crippen molar-refractivity contribution in [3.05, 3.63) is 53.7 Å². The molecule has 4 rings (SSSR count). The minimum atomic E-state index is -0.669. The zero-order valence-corrected chi connectivity index (χ0v) is 17.9. The highest BCUT2D eigenvalue weighted by atomic mass is 16.5. The van der Waals surface area contributed by atoms with Gasteiger partial charge in [-0.1, -0.05) is 17.9 Å². The molecule has 0 radical (unpaired) electrons. The molecule has 1 amide bonds. The molecule has 0 saturated carbocycles. The molecular formula is C24H23N3O4. The number of methoxy groups -OCH3 is 2. The zero-order chi connectivity index (χ0) is 22.2. The van der Waals surface area contributed by atoms with E-state index in [1.54, 1.807) is 29.8 Å². The fourth-order valence-electron chi connectivity index (χ4n) is 3.73. The molecule has 2 heterocycles. The number of ether oxygens (including phenoxy) is 2. The predicted molar refractivity (Wildman–Crippen MR) is 116 cm³/mol. The van der Waals surface area contributed by atoms with E-state index in [9.17, 15) is 9.59 Å². The molecule has 3 aromatic rings. The first-order valence-corrected chi connectivity index (χ1v) is 9.90. The first-order chi connectivity index (χ1) is 14.9. The highest BCUT2D eigenvalue weighted by molar-refractivity contribution is 6.03. The van der Waals surface area contributed by atoms with E-state index < -0.39 is 11.4 Å². The lowest BCUT2D eigenvalue weighted by Gasteiger charge is -2.14. The van der Waals surface area contributed by atoms with Gasteiger partial charge in [-0.25, -0.2) is 9.48 Å². The maximum atomic E-state index is 12.4. The molecule has 7 nitrogen and oxygen atoms in total. The first-order valence-electron chi connectivity index (χ1n) is 9.90. The van der Waals surface area contributed by atoms with Gasteiger partial charge in [-0.05, 0) is 49.7 Å². The lowest BCUT2D eigenvalue weighted by atomic mass is 9.89. The number of carbonyl (C=O) groups excluding carboxylic acids is 2. The highest BCUT2D eigenvalue weighted by Gasteiger charge is 2.39. The van der Waals surface area contributed by atoms with Crippen LogP contribution in [0.15, 0.2) is 42.5 Å². The van der Waals surface area contributed by atoms with Gasteiger partial charge in [-0.3, -0.25) is 4.79 Å². The van der Waals surface area contributed by atoms with Crippen LogP contribution in [0.2, 0.25) is 0 Å². The number of amides is 1. The summed E-state index contributed by atoms with van der Waals surface area (Å²) in [7, 11) is 4.69. The Morgan fingerprint density at radius 3 is 2.68 bits per heavy atom. The molecule has 1 fully saturated rings. The summed E-state index contributed by atoms with van der Waals surface area (Å²) in [6, 6.07) is 13.0. The molecule has 1 atom stereocenters. The Balaban J connectivity index is 1.78. The topological polar surface area (TPSA) is 73.7 Å². The van der Waals surface area contributed by atoms with E-state index in [-0.39, 0.29) is 11.6 Å². The lowest BCUT2D eigenvalue weighted by molar-refractivity contribution is -0.131. The van der Waals surface area contributed by atoms with Crippen molar-refractivity contribution in [3.63, 3.8) is 0 Å². The summed E-state index contributed by atoms with van der Waals surface area (Å²) in [6.07, 6.45) is 0.711. The Morgan fingerprint density at radius 1 is 1.19 bits per heavy atom. The summed E-state index contributed by atoms with van der Waals surface area (Å²) in [5, 5.41) is 5.13. The molecule has 2 aromatic carbocycles. The van der Waals surface area contributed by atoms with Crippen LogP contribution in [-0.2, 0) is 9.53 Å². The molecule has 0 spiro atoms. The Morgan fingerprint density at radius 2 is 2.00 bits per heavy atom. The smallest absolute Gasteiger partial charge is 0.359 e. The standard InChI is InChI=1S/C24H23N3O4/c1-24(12-13-26(2)23(24)29)11-10-16-6-5-7-17(14-16)27-20-9-8-18(30-3)15-19(20)21(25-27)22(28)31-4/h5-9,14-15H,12-13H2,1-4H3. The molecule has 31 heavy (non-hydrogen) atoms. The predicted octanol–water partition coefficient (Wildman–Crippen LogP) is 3.04. The van der Waals surface area contributed by atoms with Crippen LogP contribution in [0.3, 0.4) is 0 Å². The Kier molecular flexibility index (Phi) is 5.15. The van der Waals surface area contributed by atoms with E-state index in [1.807, 2.05) is 43.3 Å². The quantitative estimate of drug-likeness (QED) is 0.484. The second kappa shape index (κ2) is 7.80. The van der Waals surface area contributed by atoms with Crippen LogP contribution >= 0.6 is 0 Å². The van der Waals surface area contributed by atoms with E-state index in [0.717, 1.165) is 16.8 Å². The van der Waals surface area contributed by atoms with Crippen molar-refractivity contribution in [1.82, 2.24) is 14.7 Å². The third kappa shape index (κ3) is 3.61. The van der Waals surface area contributed by atoms with Gasteiger partial charge in [0.2, 0.25) is 5.91 Å². The molecule has 1 unspecified atom stereocenters. The number of benzene rings is 2. The van der Waals surface area contributed by atoms with Gasteiger partial charge in [0.25, 0.3) is 0 Å². The minimum Gasteiger partial charge on any atom is -0.497 e. The van der Waals surface area contributed by atoms with Crippen LogP contribution in [0.5, 0.6) is 5.75 Å². The van der Waals surface area contributed by atoms with Gasteiger partial charge >= 0.3 is 5.97 Å². The molecule has 7 heteroatoms. The Bertz CT molecular complexity index is 1250. The van der Waals surface area contributed by atoms with E-state index in [4.69, 9.17) is 9.47 Å². The highest BCUT2D eigenvalue weighted by Crippen LogP contribution is 2.30. The maximum Gasteiger partial charge on any atom is 0.359 e. The van der Waals surface area contributed by atoms with Gasteiger partial charge in [0.05, 0.1) is 25.4 Å². The number of carbonyl (C=O) groups is 2. The summed E-state index contributed by atoms with van der Waals surface area (Å²) >= 11 is 0.